The second kappa shape index (κ2) is 12.4. The van der Waals surface area contributed by atoms with E-state index in [1.807, 2.05) is 12.1 Å². The van der Waals surface area contributed by atoms with Gasteiger partial charge in [-0.15, -0.1) is 0 Å². The molecule has 3 atom stereocenters. The van der Waals surface area contributed by atoms with Gasteiger partial charge in [0.05, 0.1) is 17.3 Å². The maximum Gasteiger partial charge on any atom is 0.319 e. The molecule has 43 heavy (non-hydrogen) atoms. The topological polar surface area (TPSA) is 69.4 Å². The molecular weight excluding hydrogens is 562 g/mol. The van der Waals surface area contributed by atoms with Gasteiger partial charge in [0.25, 0.3) is 0 Å². The summed E-state index contributed by atoms with van der Waals surface area (Å²) in [6.07, 6.45) is 5.28. The Morgan fingerprint density at radius 1 is 1.16 bits per heavy atom. The molecule has 1 saturated carbocycles. The van der Waals surface area contributed by atoms with Crippen LogP contribution in [0, 0.1) is 6.57 Å². The van der Waals surface area contributed by atoms with Crippen molar-refractivity contribution >= 4 is 39.8 Å². The van der Waals surface area contributed by atoms with E-state index in [1.165, 1.54) is 6.08 Å². The molecule has 1 amide bonds. The number of nitrogens with zero attached hydrogens (tertiary/aromatic N) is 7. The van der Waals surface area contributed by atoms with E-state index in [4.69, 9.17) is 32.9 Å². The van der Waals surface area contributed by atoms with Gasteiger partial charge in [-0.3, -0.25) is 4.79 Å². The average molecular weight is 600 g/mol. The molecule has 0 unspecified atom stereocenters. The Morgan fingerprint density at radius 2 is 1.98 bits per heavy atom. The molecule has 1 saturated heterocycles. The van der Waals surface area contributed by atoms with Crippen molar-refractivity contribution in [3.63, 3.8) is 0 Å². The van der Waals surface area contributed by atoms with E-state index in [0.717, 1.165) is 70.8 Å². The molecule has 0 N–H and O–H groups in total. The van der Waals surface area contributed by atoms with Crippen LogP contribution in [0.2, 0.25) is 5.02 Å². The van der Waals surface area contributed by atoms with E-state index in [1.54, 1.807) is 4.90 Å². The highest BCUT2D eigenvalue weighted by Crippen LogP contribution is 2.38. The molecule has 1 aromatic heterocycles. The number of hydrogen-bond acceptors (Lipinski definition) is 7. The van der Waals surface area contributed by atoms with Crippen molar-refractivity contribution in [3.05, 3.63) is 76.8 Å². The second-order valence-corrected chi connectivity index (χ2v) is 12.2. The third-order valence-corrected chi connectivity index (χ3v) is 9.39. The van der Waals surface area contributed by atoms with Crippen molar-refractivity contribution < 1.29 is 9.53 Å². The zero-order chi connectivity index (χ0) is 30.1. The Bertz CT molecular complexity index is 1570. The highest BCUT2D eigenvalue weighted by atomic mass is 35.5. The van der Waals surface area contributed by atoms with Gasteiger partial charge in [0.15, 0.2) is 0 Å². The average Bonchev–Trinajstić information content (AvgIpc) is 3.48. The number of amides is 1. The number of rotatable bonds is 7. The van der Waals surface area contributed by atoms with Crippen molar-refractivity contribution in [2.75, 3.05) is 56.6 Å². The standard InChI is InChI=1S/C33H38ClN7O2/c1-5-30(42)41-18-17-40(20-23(41)19-35-2)32-24-15-16-39(28-13-7-10-22-9-6-11-25(34)31(22)28)21-26(24)36-33(37-32)43-29-14-8-12-27(29)38(3)4/h5-7,9-11,13,23,27,29H,1,8,12,14-21H2,3-4H3/t23-,27-,29+/m0/s1. The number of benzene rings is 2. The SMILES string of the molecule is [C-]#[N+]C[C@H]1CN(c2nc(O[C@@H]3CCC[C@@H]3N(C)C)nc3c2CCN(c2cccc4cccc(Cl)c24)C3)CCN1C(=O)C=C. The van der Waals surface area contributed by atoms with Crippen LogP contribution in [0.1, 0.15) is 30.5 Å². The van der Waals surface area contributed by atoms with Gasteiger partial charge >= 0.3 is 6.01 Å². The molecule has 2 aromatic carbocycles. The van der Waals surface area contributed by atoms with Gasteiger partial charge in [0, 0.05) is 48.9 Å². The first-order valence-electron chi connectivity index (χ1n) is 15.0. The number of carbonyl (C=O) groups excluding carboxylic acids is 1. The van der Waals surface area contributed by atoms with Crippen molar-refractivity contribution in [2.45, 2.75) is 50.4 Å². The van der Waals surface area contributed by atoms with E-state index >= 15 is 0 Å². The fraction of sp³-hybridized carbons (Fsp3) is 0.455. The first-order valence-corrected chi connectivity index (χ1v) is 15.4. The number of ether oxygens (including phenoxy) is 1. The Labute approximate surface area is 258 Å². The summed E-state index contributed by atoms with van der Waals surface area (Å²) in [5.41, 5.74) is 3.14. The second-order valence-electron chi connectivity index (χ2n) is 11.8. The molecule has 1 aliphatic carbocycles. The van der Waals surface area contributed by atoms with Crippen LogP contribution in [0.5, 0.6) is 6.01 Å². The van der Waals surface area contributed by atoms with Crippen LogP contribution in [0.15, 0.2) is 49.1 Å². The molecule has 3 aromatic rings. The zero-order valence-electron chi connectivity index (χ0n) is 24.9. The Hall–Kier alpha value is -3.87. The number of anilines is 2. The Kier molecular flexibility index (Phi) is 8.42. The van der Waals surface area contributed by atoms with Crippen molar-refractivity contribution in [1.29, 1.82) is 0 Å². The third-order valence-electron chi connectivity index (χ3n) is 9.08. The lowest BCUT2D eigenvalue weighted by Gasteiger charge is -2.41. The Morgan fingerprint density at radius 3 is 2.74 bits per heavy atom. The lowest BCUT2D eigenvalue weighted by molar-refractivity contribution is -0.128. The lowest BCUT2D eigenvalue weighted by Crippen LogP contribution is -2.56. The maximum absolute atomic E-state index is 12.6. The smallest absolute Gasteiger partial charge is 0.319 e. The summed E-state index contributed by atoms with van der Waals surface area (Å²) in [5.74, 6) is 0.720. The summed E-state index contributed by atoms with van der Waals surface area (Å²) in [6.45, 7) is 14.5. The lowest BCUT2D eigenvalue weighted by atomic mass is 10.0. The van der Waals surface area contributed by atoms with Gasteiger partial charge in [-0.1, -0.05) is 42.4 Å². The molecule has 0 bridgehead atoms. The van der Waals surface area contributed by atoms with Gasteiger partial charge < -0.3 is 29.2 Å². The van der Waals surface area contributed by atoms with E-state index < -0.39 is 0 Å². The van der Waals surface area contributed by atoms with E-state index in [2.05, 4.69) is 64.5 Å². The summed E-state index contributed by atoms with van der Waals surface area (Å²) in [6, 6.07) is 12.8. The molecule has 224 valence electrons. The monoisotopic (exact) mass is 599 g/mol. The van der Waals surface area contributed by atoms with Gasteiger partial charge in [0.2, 0.25) is 12.5 Å². The third kappa shape index (κ3) is 5.74. The number of fused-ring (bicyclic) bond motifs is 2. The number of halogens is 1. The number of hydrogen-bond donors (Lipinski definition) is 0. The van der Waals surface area contributed by atoms with Crippen LogP contribution < -0.4 is 14.5 Å². The zero-order valence-corrected chi connectivity index (χ0v) is 25.6. The van der Waals surface area contributed by atoms with Crippen LogP contribution in [0.4, 0.5) is 11.5 Å². The summed E-state index contributed by atoms with van der Waals surface area (Å²) in [5, 5.41) is 2.89. The maximum atomic E-state index is 12.6. The summed E-state index contributed by atoms with van der Waals surface area (Å²) in [7, 11) is 4.19. The van der Waals surface area contributed by atoms with Gasteiger partial charge in [0.1, 0.15) is 18.0 Å². The molecular formula is C33H38ClN7O2. The first kappa shape index (κ1) is 29.2. The van der Waals surface area contributed by atoms with Gasteiger partial charge in [-0.05, 0) is 63.4 Å². The predicted octanol–water partition coefficient (Wildman–Crippen LogP) is 4.83. The fourth-order valence-electron chi connectivity index (χ4n) is 6.93. The normalized spacial score (nSPS) is 22.0. The van der Waals surface area contributed by atoms with Crippen molar-refractivity contribution in [1.82, 2.24) is 19.8 Å². The molecule has 6 rings (SSSR count). The molecule has 2 aliphatic heterocycles. The predicted molar refractivity (Wildman–Crippen MR) is 171 cm³/mol. The fourth-order valence-corrected chi connectivity index (χ4v) is 7.21. The number of carbonyl (C=O) groups is 1. The van der Waals surface area contributed by atoms with Gasteiger partial charge in [-0.2, -0.15) is 9.97 Å². The van der Waals surface area contributed by atoms with E-state index in [9.17, 15) is 4.79 Å². The highest BCUT2D eigenvalue weighted by Gasteiger charge is 2.36. The minimum absolute atomic E-state index is 0.0226. The highest BCUT2D eigenvalue weighted by molar-refractivity contribution is 6.36. The van der Waals surface area contributed by atoms with Crippen LogP contribution in [0.3, 0.4) is 0 Å². The van der Waals surface area contributed by atoms with Crippen LogP contribution >= 0.6 is 11.6 Å². The summed E-state index contributed by atoms with van der Waals surface area (Å²) >= 11 is 6.71. The molecule has 9 nitrogen and oxygen atoms in total. The molecule has 2 fully saturated rings. The Balaban J connectivity index is 1.37. The minimum atomic E-state index is -0.238. The quantitative estimate of drug-likeness (QED) is 0.285. The molecule has 0 spiro atoms. The molecule has 3 aliphatic rings. The molecule has 10 heteroatoms. The summed E-state index contributed by atoms with van der Waals surface area (Å²) < 4.78 is 6.57. The molecule has 3 heterocycles. The number of piperazine rings is 1. The van der Waals surface area contributed by atoms with Crippen LogP contribution in [-0.2, 0) is 17.8 Å². The van der Waals surface area contributed by atoms with Crippen molar-refractivity contribution in [3.8, 4) is 6.01 Å². The van der Waals surface area contributed by atoms with Crippen LogP contribution in [0.25, 0.3) is 15.6 Å². The largest absolute Gasteiger partial charge is 0.458 e. The number of likely N-dealkylation sites (N-methyl/N-ethyl adjacent to an activating group) is 1. The van der Waals surface area contributed by atoms with Crippen LogP contribution in [-0.4, -0.2) is 90.7 Å². The van der Waals surface area contributed by atoms with Gasteiger partial charge in [-0.25, -0.2) is 6.57 Å². The summed E-state index contributed by atoms with van der Waals surface area (Å²) in [4.78, 5) is 34.9. The molecule has 0 radical (unpaired) electrons. The number of aromatic nitrogens is 2. The van der Waals surface area contributed by atoms with E-state index in [0.29, 0.717) is 38.2 Å². The minimum Gasteiger partial charge on any atom is -0.458 e. The first-order chi connectivity index (χ1) is 20.9. The van der Waals surface area contributed by atoms with Crippen molar-refractivity contribution in [2.24, 2.45) is 0 Å². The van der Waals surface area contributed by atoms with E-state index in [-0.39, 0.29) is 24.6 Å².